The van der Waals surface area contributed by atoms with E-state index in [0.29, 0.717) is 0 Å². The molecule has 0 unspecified atom stereocenters. The first-order valence-electron chi connectivity index (χ1n) is 5.81. The molecule has 0 amide bonds. The number of aryl methyl sites for hydroxylation is 2. The van der Waals surface area contributed by atoms with Crippen LogP contribution in [0.1, 0.15) is 10.4 Å². The van der Waals surface area contributed by atoms with Gasteiger partial charge in [0.25, 0.3) is 0 Å². The number of pyridine rings is 1. The topological polar surface area (TPSA) is 12.9 Å². The Labute approximate surface area is 115 Å². The summed E-state index contributed by atoms with van der Waals surface area (Å²) < 4.78 is 0. The summed E-state index contributed by atoms with van der Waals surface area (Å²) >= 11 is 3.58. The Morgan fingerprint density at radius 1 is 1.06 bits per heavy atom. The van der Waals surface area contributed by atoms with Gasteiger partial charge in [-0.15, -0.1) is 22.7 Å². The molecule has 0 atom stereocenters. The maximum atomic E-state index is 4.45. The monoisotopic (exact) mass is 271 g/mol. The predicted molar refractivity (Wildman–Crippen MR) is 80.3 cm³/mol. The van der Waals surface area contributed by atoms with Gasteiger partial charge in [-0.25, -0.2) is 0 Å². The van der Waals surface area contributed by atoms with E-state index in [9.17, 15) is 0 Å². The molecule has 0 bridgehead atoms. The summed E-state index contributed by atoms with van der Waals surface area (Å²) in [5.41, 5.74) is 3.69. The largest absolute Gasteiger partial charge is 0.255 e. The summed E-state index contributed by atoms with van der Waals surface area (Å²) in [5, 5.41) is 2.09. The molecule has 3 aromatic heterocycles. The molecule has 0 spiro atoms. The minimum absolute atomic E-state index is 1.06. The number of thiophene rings is 2. The molecule has 90 valence electrons. The number of hydrogen-bond acceptors (Lipinski definition) is 3. The van der Waals surface area contributed by atoms with Crippen LogP contribution in [0, 0.1) is 13.8 Å². The van der Waals surface area contributed by atoms with Crippen LogP contribution in [0.2, 0.25) is 0 Å². The number of nitrogens with zero attached hydrogens (tertiary/aromatic N) is 1. The highest BCUT2D eigenvalue weighted by molar-refractivity contribution is 7.15. The first-order chi connectivity index (χ1) is 8.74. The molecule has 3 rings (SSSR count). The molecule has 1 nitrogen and oxygen atoms in total. The average molecular weight is 271 g/mol. The molecule has 3 aromatic rings. The Morgan fingerprint density at radius 3 is 2.61 bits per heavy atom. The van der Waals surface area contributed by atoms with Crippen LogP contribution in [0.25, 0.3) is 21.0 Å². The van der Waals surface area contributed by atoms with Gasteiger partial charge in [-0.1, -0.05) is 6.07 Å². The van der Waals surface area contributed by atoms with Crippen LogP contribution in [0.4, 0.5) is 0 Å². The van der Waals surface area contributed by atoms with Gasteiger partial charge >= 0.3 is 0 Å². The van der Waals surface area contributed by atoms with E-state index in [4.69, 9.17) is 0 Å². The zero-order chi connectivity index (χ0) is 12.5. The summed E-state index contributed by atoms with van der Waals surface area (Å²) in [6.45, 7) is 4.33. The average Bonchev–Trinajstić information content (AvgIpc) is 3.01. The lowest BCUT2D eigenvalue weighted by atomic mass is 10.1. The molecule has 0 fully saturated rings. The van der Waals surface area contributed by atoms with Gasteiger partial charge in [0.15, 0.2) is 0 Å². The fourth-order valence-corrected chi connectivity index (χ4v) is 3.58. The minimum atomic E-state index is 1.06. The molecular formula is C15H13NS2. The molecular weight excluding hydrogens is 258 g/mol. The van der Waals surface area contributed by atoms with Crippen LogP contribution < -0.4 is 0 Å². The summed E-state index contributed by atoms with van der Waals surface area (Å²) in [6.07, 6.45) is 1.90. The molecule has 0 radical (unpaired) electrons. The predicted octanol–water partition coefficient (Wildman–Crippen LogP) is 5.16. The fraction of sp³-hybridized carbons (Fsp3) is 0.133. The molecule has 0 aliphatic carbocycles. The lowest BCUT2D eigenvalue weighted by Gasteiger charge is -2.00. The van der Waals surface area contributed by atoms with Gasteiger partial charge in [0, 0.05) is 16.0 Å². The van der Waals surface area contributed by atoms with Crippen molar-refractivity contribution < 1.29 is 0 Å². The van der Waals surface area contributed by atoms with Crippen molar-refractivity contribution in [3.8, 4) is 21.0 Å². The van der Waals surface area contributed by atoms with Gasteiger partial charge in [-0.05, 0) is 54.6 Å². The minimum Gasteiger partial charge on any atom is -0.255 e. The Hall–Kier alpha value is -1.45. The Bertz CT molecular complexity index is 646. The molecule has 0 aliphatic rings. The van der Waals surface area contributed by atoms with Crippen LogP contribution in [0.5, 0.6) is 0 Å². The molecule has 3 heteroatoms. The first kappa shape index (κ1) is 11.6. The highest BCUT2D eigenvalue weighted by Gasteiger charge is 2.07. The zero-order valence-corrected chi connectivity index (χ0v) is 11.9. The highest BCUT2D eigenvalue weighted by atomic mass is 32.1. The van der Waals surface area contributed by atoms with E-state index < -0.39 is 0 Å². The van der Waals surface area contributed by atoms with Crippen molar-refractivity contribution >= 4 is 22.7 Å². The second-order valence-corrected chi connectivity index (χ2v) is 6.46. The van der Waals surface area contributed by atoms with E-state index in [1.54, 1.807) is 11.3 Å². The SMILES string of the molecule is Cc1cc(-c2ccnc(-c3cccs3)c2)sc1C. The number of rotatable bonds is 2. The maximum Gasteiger partial charge on any atom is 0.0808 e. The van der Waals surface area contributed by atoms with Crippen molar-refractivity contribution in [2.75, 3.05) is 0 Å². The van der Waals surface area contributed by atoms with Gasteiger partial charge in [0.05, 0.1) is 10.6 Å². The Morgan fingerprint density at radius 2 is 1.94 bits per heavy atom. The molecule has 0 N–H and O–H groups in total. The van der Waals surface area contributed by atoms with Crippen molar-refractivity contribution in [3.05, 3.63) is 52.3 Å². The van der Waals surface area contributed by atoms with Crippen molar-refractivity contribution in [1.29, 1.82) is 0 Å². The normalized spacial score (nSPS) is 10.8. The summed E-state index contributed by atoms with van der Waals surface area (Å²) in [6, 6.07) is 10.7. The van der Waals surface area contributed by atoms with E-state index >= 15 is 0 Å². The summed E-state index contributed by atoms with van der Waals surface area (Å²) in [7, 11) is 0. The van der Waals surface area contributed by atoms with Crippen LogP contribution >= 0.6 is 22.7 Å². The van der Waals surface area contributed by atoms with E-state index in [0.717, 1.165) is 5.69 Å². The summed E-state index contributed by atoms with van der Waals surface area (Å²) in [5.74, 6) is 0. The zero-order valence-electron chi connectivity index (χ0n) is 10.3. The molecule has 3 heterocycles. The van der Waals surface area contributed by atoms with Crippen LogP contribution in [0.15, 0.2) is 41.9 Å². The van der Waals surface area contributed by atoms with Crippen molar-refractivity contribution in [1.82, 2.24) is 4.98 Å². The van der Waals surface area contributed by atoms with Gasteiger partial charge < -0.3 is 0 Å². The van der Waals surface area contributed by atoms with Crippen molar-refractivity contribution in [2.24, 2.45) is 0 Å². The first-order valence-corrected chi connectivity index (χ1v) is 7.51. The second kappa shape index (κ2) is 4.67. The lowest BCUT2D eigenvalue weighted by molar-refractivity contribution is 1.34. The maximum absolute atomic E-state index is 4.45. The Balaban J connectivity index is 2.06. The highest BCUT2D eigenvalue weighted by Crippen LogP contribution is 2.33. The molecule has 0 saturated carbocycles. The molecule has 0 aliphatic heterocycles. The van der Waals surface area contributed by atoms with E-state index in [1.807, 2.05) is 17.5 Å². The third kappa shape index (κ3) is 2.11. The second-order valence-electron chi connectivity index (χ2n) is 4.26. The van der Waals surface area contributed by atoms with Gasteiger partial charge in [0.2, 0.25) is 0 Å². The molecule has 0 saturated heterocycles. The third-order valence-corrected chi connectivity index (χ3v) is 5.08. The van der Waals surface area contributed by atoms with Gasteiger partial charge in [-0.3, -0.25) is 4.98 Å². The van der Waals surface area contributed by atoms with E-state index in [1.165, 1.54) is 25.8 Å². The summed E-state index contributed by atoms with van der Waals surface area (Å²) in [4.78, 5) is 8.39. The smallest absolute Gasteiger partial charge is 0.0808 e. The van der Waals surface area contributed by atoms with Crippen molar-refractivity contribution in [2.45, 2.75) is 13.8 Å². The number of aromatic nitrogens is 1. The van der Waals surface area contributed by atoms with Crippen LogP contribution in [-0.4, -0.2) is 4.98 Å². The standard InChI is InChI=1S/C15H13NS2/c1-10-8-15(18-11(10)2)12-5-6-16-13(9-12)14-4-3-7-17-14/h3-9H,1-2H3. The van der Waals surface area contributed by atoms with Crippen LogP contribution in [0.3, 0.4) is 0 Å². The fourth-order valence-electron chi connectivity index (χ4n) is 1.86. The third-order valence-electron chi connectivity index (χ3n) is 2.98. The quantitative estimate of drug-likeness (QED) is 0.627. The van der Waals surface area contributed by atoms with E-state index in [2.05, 4.69) is 54.5 Å². The molecule has 0 aromatic carbocycles. The lowest BCUT2D eigenvalue weighted by Crippen LogP contribution is -1.80. The van der Waals surface area contributed by atoms with Gasteiger partial charge in [0.1, 0.15) is 0 Å². The van der Waals surface area contributed by atoms with E-state index in [-0.39, 0.29) is 0 Å². The molecule has 18 heavy (non-hydrogen) atoms. The van der Waals surface area contributed by atoms with Gasteiger partial charge in [-0.2, -0.15) is 0 Å². The number of hydrogen-bond donors (Lipinski definition) is 0. The van der Waals surface area contributed by atoms with Crippen molar-refractivity contribution in [3.63, 3.8) is 0 Å². The van der Waals surface area contributed by atoms with Crippen LogP contribution in [-0.2, 0) is 0 Å². The Kier molecular flexibility index (Phi) is 3.02.